The van der Waals surface area contributed by atoms with Crippen molar-refractivity contribution < 1.29 is 14.4 Å². The number of carbonyl (C=O) groups is 3. The molecule has 0 aliphatic carbocycles. The predicted molar refractivity (Wildman–Crippen MR) is 92.6 cm³/mol. The van der Waals surface area contributed by atoms with Crippen molar-refractivity contribution in [2.45, 2.75) is 38.4 Å². The van der Waals surface area contributed by atoms with E-state index in [4.69, 9.17) is 5.73 Å². The van der Waals surface area contributed by atoms with Crippen LogP contribution >= 0.6 is 0 Å². The minimum absolute atomic E-state index is 0.0400. The number of likely N-dealkylation sites (tertiary alicyclic amines) is 1. The van der Waals surface area contributed by atoms with Crippen LogP contribution in [-0.2, 0) is 16.1 Å². The second-order valence-corrected chi connectivity index (χ2v) is 6.59. The molecule has 7 heteroatoms. The number of nitrogens with zero attached hydrogens (tertiary/aromatic N) is 2. The Labute approximate surface area is 147 Å². The van der Waals surface area contributed by atoms with Gasteiger partial charge in [0.1, 0.15) is 6.04 Å². The van der Waals surface area contributed by atoms with Crippen LogP contribution in [0.4, 0.5) is 0 Å². The zero-order chi connectivity index (χ0) is 18.0. The van der Waals surface area contributed by atoms with Crippen molar-refractivity contribution in [2.24, 2.45) is 5.73 Å². The van der Waals surface area contributed by atoms with Crippen LogP contribution in [0.25, 0.3) is 0 Å². The van der Waals surface area contributed by atoms with Gasteiger partial charge in [-0.05, 0) is 25.0 Å². The normalized spacial score (nSPS) is 22.2. The van der Waals surface area contributed by atoms with Crippen molar-refractivity contribution in [2.75, 3.05) is 19.6 Å². The Balaban J connectivity index is 1.59. The summed E-state index contributed by atoms with van der Waals surface area (Å²) in [4.78, 5) is 40.3. The first-order valence-corrected chi connectivity index (χ1v) is 8.71. The number of carbonyl (C=O) groups excluding carboxylic acids is 3. The first-order valence-electron chi connectivity index (χ1n) is 8.71. The fraction of sp³-hybridized carbons (Fsp3) is 0.500. The maximum atomic E-state index is 12.6. The van der Waals surface area contributed by atoms with Crippen LogP contribution in [0.15, 0.2) is 24.3 Å². The summed E-state index contributed by atoms with van der Waals surface area (Å²) in [6, 6.07) is 6.80. The van der Waals surface area contributed by atoms with Gasteiger partial charge in [0.2, 0.25) is 11.8 Å². The van der Waals surface area contributed by atoms with Crippen LogP contribution in [-0.4, -0.2) is 59.2 Å². The molecule has 2 heterocycles. The number of likely N-dealkylation sites (N-methyl/N-ethyl adjacent to an activating group) is 1. The first-order chi connectivity index (χ1) is 12.0. The number of fused-ring (bicyclic) bond motifs is 1. The molecule has 0 unspecified atom stereocenters. The third kappa shape index (κ3) is 3.51. The van der Waals surface area contributed by atoms with E-state index >= 15 is 0 Å². The Morgan fingerprint density at radius 1 is 1.32 bits per heavy atom. The summed E-state index contributed by atoms with van der Waals surface area (Å²) < 4.78 is 0. The lowest BCUT2D eigenvalue weighted by atomic mass is 10.1. The number of amides is 3. The zero-order valence-electron chi connectivity index (χ0n) is 14.4. The summed E-state index contributed by atoms with van der Waals surface area (Å²) in [7, 11) is 0. The molecule has 0 spiro atoms. The molecule has 2 aliphatic heterocycles. The molecule has 3 N–H and O–H groups in total. The van der Waals surface area contributed by atoms with Gasteiger partial charge in [-0.3, -0.25) is 14.4 Å². The molecule has 1 aromatic rings. The maximum Gasteiger partial charge on any atom is 0.254 e. The Hall–Kier alpha value is -2.41. The molecule has 3 rings (SSSR count). The van der Waals surface area contributed by atoms with Crippen molar-refractivity contribution in [3.05, 3.63) is 35.4 Å². The molecule has 3 amide bonds. The van der Waals surface area contributed by atoms with Crippen LogP contribution in [0.5, 0.6) is 0 Å². The molecule has 1 fully saturated rings. The molecule has 2 atom stereocenters. The summed E-state index contributed by atoms with van der Waals surface area (Å²) >= 11 is 0. The standard InChI is InChI=1S/C18H24N4O3/c1-2-20-17(24)15-9-13(19)11-22(15)16(23)7-8-21-10-12-5-3-4-6-14(12)18(21)25/h3-6,13,15H,2,7-11,19H2,1H3,(H,20,24)/t13-,15-/m0/s1. The number of hydrogen-bond acceptors (Lipinski definition) is 4. The quantitative estimate of drug-likeness (QED) is 0.792. The second kappa shape index (κ2) is 7.23. The Bertz CT molecular complexity index is 691. The molecule has 0 aromatic heterocycles. The van der Waals surface area contributed by atoms with Gasteiger partial charge in [-0.15, -0.1) is 0 Å². The van der Waals surface area contributed by atoms with Crippen molar-refractivity contribution >= 4 is 17.7 Å². The fourth-order valence-corrected chi connectivity index (χ4v) is 3.55. The highest BCUT2D eigenvalue weighted by Gasteiger charge is 2.38. The summed E-state index contributed by atoms with van der Waals surface area (Å²) in [5.41, 5.74) is 7.64. The predicted octanol–water partition coefficient (Wildman–Crippen LogP) is 0.0968. The number of hydrogen-bond donors (Lipinski definition) is 2. The Morgan fingerprint density at radius 2 is 2.08 bits per heavy atom. The molecule has 134 valence electrons. The van der Waals surface area contributed by atoms with Crippen LogP contribution in [0.1, 0.15) is 35.7 Å². The molecule has 7 nitrogen and oxygen atoms in total. The summed E-state index contributed by atoms with van der Waals surface area (Å²) in [5.74, 6) is -0.330. The molecule has 0 saturated carbocycles. The average molecular weight is 344 g/mol. The number of nitrogens with two attached hydrogens (primary N) is 1. The van der Waals surface area contributed by atoms with Crippen LogP contribution in [0.2, 0.25) is 0 Å². The molecule has 1 saturated heterocycles. The van der Waals surface area contributed by atoms with Crippen molar-refractivity contribution in [1.29, 1.82) is 0 Å². The van der Waals surface area contributed by atoms with Gasteiger partial charge in [0.05, 0.1) is 0 Å². The molecule has 0 radical (unpaired) electrons. The van der Waals surface area contributed by atoms with Gasteiger partial charge in [-0.25, -0.2) is 0 Å². The first kappa shape index (κ1) is 17.4. The SMILES string of the molecule is CCNC(=O)[C@@H]1C[C@H](N)CN1C(=O)CCN1Cc2ccccc2C1=O. The maximum absolute atomic E-state index is 12.6. The minimum atomic E-state index is -0.506. The zero-order valence-corrected chi connectivity index (χ0v) is 14.4. The molecule has 0 bridgehead atoms. The highest BCUT2D eigenvalue weighted by molar-refractivity contribution is 5.98. The van der Waals surface area contributed by atoms with Gasteiger partial charge in [0.25, 0.3) is 5.91 Å². The fourth-order valence-electron chi connectivity index (χ4n) is 3.55. The van der Waals surface area contributed by atoms with Gasteiger partial charge in [-0.1, -0.05) is 18.2 Å². The van der Waals surface area contributed by atoms with E-state index in [-0.39, 0.29) is 30.2 Å². The van der Waals surface area contributed by atoms with Crippen LogP contribution in [0, 0.1) is 0 Å². The van der Waals surface area contributed by atoms with Gasteiger partial charge >= 0.3 is 0 Å². The summed E-state index contributed by atoms with van der Waals surface area (Å²) in [6.45, 7) is 3.62. The lowest BCUT2D eigenvalue weighted by Crippen LogP contribution is -2.46. The van der Waals surface area contributed by atoms with Gasteiger partial charge < -0.3 is 20.9 Å². The van der Waals surface area contributed by atoms with E-state index in [0.717, 1.165) is 5.56 Å². The monoisotopic (exact) mass is 344 g/mol. The Kier molecular flexibility index (Phi) is 5.03. The van der Waals surface area contributed by atoms with Crippen LogP contribution < -0.4 is 11.1 Å². The highest BCUT2D eigenvalue weighted by atomic mass is 16.2. The molecule has 25 heavy (non-hydrogen) atoms. The summed E-state index contributed by atoms with van der Waals surface area (Å²) in [6.07, 6.45) is 0.675. The van der Waals surface area contributed by atoms with E-state index in [2.05, 4.69) is 5.32 Å². The van der Waals surface area contributed by atoms with Crippen LogP contribution in [0.3, 0.4) is 0 Å². The molecular formula is C18H24N4O3. The van der Waals surface area contributed by atoms with Crippen molar-refractivity contribution in [3.63, 3.8) is 0 Å². The largest absolute Gasteiger partial charge is 0.355 e. The van der Waals surface area contributed by atoms with E-state index in [1.165, 1.54) is 0 Å². The van der Waals surface area contributed by atoms with Gasteiger partial charge in [0, 0.05) is 44.2 Å². The third-order valence-electron chi connectivity index (χ3n) is 4.80. The van der Waals surface area contributed by atoms with Crippen molar-refractivity contribution in [3.8, 4) is 0 Å². The van der Waals surface area contributed by atoms with E-state index in [0.29, 0.717) is 38.2 Å². The van der Waals surface area contributed by atoms with E-state index in [9.17, 15) is 14.4 Å². The molecular weight excluding hydrogens is 320 g/mol. The number of rotatable bonds is 5. The Morgan fingerprint density at radius 3 is 2.80 bits per heavy atom. The smallest absolute Gasteiger partial charge is 0.254 e. The number of nitrogens with one attached hydrogen (secondary N) is 1. The average Bonchev–Trinajstić information content (AvgIpc) is 3.14. The van der Waals surface area contributed by atoms with Gasteiger partial charge in [0.15, 0.2) is 0 Å². The minimum Gasteiger partial charge on any atom is -0.355 e. The lowest BCUT2D eigenvalue weighted by molar-refractivity contribution is -0.138. The van der Waals surface area contributed by atoms with E-state index in [1.807, 2.05) is 31.2 Å². The van der Waals surface area contributed by atoms with Crippen molar-refractivity contribution in [1.82, 2.24) is 15.1 Å². The van der Waals surface area contributed by atoms with Gasteiger partial charge in [-0.2, -0.15) is 0 Å². The molecule has 1 aromatic carbocycles. The topological polar surface area (TPSA) is 95.7 Å². The summed E-state index contributed by atoms with van der Waals surface area (Å²) in [5, 5.41) is 2.76. The highest BCUT2D eigenvalue weighted by Crippen LogP contribution is 2.23. The molecule has 2 aliphatic rings. The number of benzene rings is 1. The second-order valence-electron chi connectivity index (χ2n) is 6.59. The van der Waals surface area contributed by atoms with E-state index < -0.39 is 6.04 Å². The third-order valence-corrected chi connectivity index (χ3v) is 4.80. The lowest BCUT2D eigenvalue weighted by Gasteiger charge is -2.25. The van der Waals surface area contributed by atoms with E-state index in [1.54, 1.807) is 9.80 Å².